The highest BCUT2D eigenvalue weighted by molar-refractivity contribution is 7.98. The number of rotatable bonds is 2. The van der Waals surface area contributed by atoms with Crippen LogP contribution in [0.4, 0.5) is 8.78 Å². The van der Waals surface area contributed by atoms with Crippen LogP contribution in [0.3, 0.4) is 0 Å². The molecule has 6 rings (SSSR count). The fourth-order valence-corrected chi connectivity index (χ4v) is 6.42. The van der Waals surface area contributed by atoms with Crippen molar-refractivity contribution < 1.29 is 23.4 Å². The Morgan fingerprint density at radius 3 is 2.61 bits per heavy atom. The molecule has 36 heavy (non-hydrogen) atoms. The van der Waals surface area contributed by atoms with Crippen molar-refractivity contribution in [3.8, 4) is 5.75 Å². The molecule has 0 saturated carbocycles. The van der Waals surface area contributed by atoms with E-state index in [2.05, 4.69) is 0 Å². The fraction of sp³-hybridized carbons (Fsp3) is 0.308. The Kier molecular flexibility index (Phi) is 5.53. The van der Waals surface area contributed by atoms with Crippen molar-refractivity contribution in [2.45, 2.75) is 23.9 Å². The van der Waals surface area contributed by atoms with Gasteiger partial charge in [0.05, 0.1) is 19.3 Å². The molecule has 1 saturated heterocycles. The summed E-state index contributed by atoms with van der Waals surface area (Å²) >= 11 is 1.56. The zero-order chi connectivity index (χ0) is 25.1. The van der Waals surface area contributed by atoms with Crippen molar-refractivity contribution >= 4 is 17.7 Å². The molecule has 3 aromatic rings. The number of pyridine rings is 1. The third-order valence-electron chi connectivity index (χ3n) is 7.28. The predicted molar refractivity (Wildman–Crippen MR) is 131 cm³/mol. The number of amides is 1. The van der Waals surface area contributed by atoms with Crippen molar-refractivity contribution in [3.63, 3.8) is 0 Å². The Morgan fingerprint density at radius 1 is 1.06 bits per heavy atom. The van der Waals surface area contributed by atoms with Gasteiger partial charge >= 0.3 is 0 Å². The SMILES string of the molecule is CSC1Cc2c(ccc(F)c2F)[C@H](N2C3COCCN3C(=O)c3c(O)c(=O)ccn32)c2ccccc21. The summed E-state index contributed by atoms with van der Waals surface area (Å²) in [5.41, 5.74) is 1.83. The van der Waals surface area contributed by atoms with Crippen molar-refractivity contribution in [3.05, 3.63) is 98.5 Å². The van der Waals surface area contributed by atoms with Crippen LogP contribution in [0.1, 0.15) is 44.0 Å². The molecule has 7 nitrogen and oxygen atoms in total. The number of morpholine rings is 1. The molecule has 0 radical (unpaired) electrons. The molecule has 0 bridgehead atoms. The first-order valence-corrected chi connectivity index (χ1v) is 12.9. The Hall–Kier alpha value is -3.37. The number of benzene rings is 2. The topological polar surface area (TPSA) is 75.0 Å². The van der Waals surface area contributed by atoms with E-state index < -0.39 is 40.9 Å². The molecular weight excluding hydrogens is 488 g/mol. The Labute approximate surface area is 209 Å². The number of aromatic hydroxyl groups is 1. The summed E-state index contributed by atoms with van der Waals surface area (Å²) in [4.78, 5) is 27.3. The smallest absolute Gasteiger partial charge is 0.278 e. The first-order chi connectivity index (χ1) is 17.4. The van der Waals surface area contributed by atoms with E-state index in [9.17, 15) is 19.1 Å². The van der Waals surface area contributed by atoms with E-state index in [1.165, 1.54) is 16.9 Å². The number of fused-ring (bicyclic) bond motifs is 4. The monoisotopic (exact) mass is 511 g/mol. The standard InChI is InChI=1S/C26H23F2N3O4S/c1-36-20-12-17-16(6-7-18(27)22(17)28)23(15-5-3-2-4-14(15)20)31-21-13-35-11-10-29(21)26(34)24-25(33)19(32)8-9-30(24)31/h2-9,20-21,23,33H,10-13H2,1H3/t20?,21?,23-/m1/s1. The van der Waals surface area contributed by atoms with E-state index in [1.54, 1.807) is 22.7 Å². The van der Waals surface area contributed by atoms with Crippen LogP contribution in [0.15, 0.2) is 53.5 Å². The average molecular weight is 512 g/mol. The summed E-state index contributed by atoms with van der Waals surface area (Å²) in [7, 11) is 0. The summed E-state index contributed by atoms with van der Waals surface area (Å²) in [5.74, 6) is -2.94. The number of aromatic nitrogens is 1. The number of carbonyl (C=O) groups excluding carboxylic acids is 1. The van der Waals surface area contributed by atoms with E-state index in [0.29, 0.717) is 12.2 Å². The van der Waals surface area contributed by atoms with Crippen molar-refractivity contribution in [1.82, 2.24) is 9.58 Å². The van der Waals surface area contributed by atoms with Gasteiger partial charge in [-0.25, -0.2) is 8.78 Å². The number of carbonyl (C=O) groups is 1. The third-order valence-corrected chi connectivity index (χ3v) is 8.27. The second-order valence-electron chi connectivity index (χ2n) is 9.04. The van der Waals surface area contributed by atoms with Crippen LogP contribution in [0, 0.1) is 11.6 Å². The van der Waals surface area contributed by atoms with Crippen LogP contribution in [0.2, 0.25) is 0 Å². The largest absolute Gasteiger partial charge is 0.502 e. The van der Waals surface area contributed by atoms with Crippen LogP contribution >= 0.6 is 11.8 Å². The number of hydrogen-bond acceptors (Lipinski definition) is 6. The second-order valence-corrected chi connectivity index (χ2v) is 10.1. The van der Waals surface area contributed by atoms with Crippen LogP contribution in [-0.4, -0.2) is 52.8 Å². The molecule has 1 N–H and O–H groups in total. The maximum Gasteiger partial charge on any atom is 0.278 e. The fourth-order valence-electron chi connectivity index (χ4n) is 5.61. The molecule has 1 fully saturated rings. The van der Waals surface area contributed by atoms with E-state index >= 15 is 4.39 Å². The number of thioether (sulfide) groups is 1. The van der Waals surface area contributed by atoms with Crippen molar-refractivity contribution in [1.29, 1.82) is 0 Å². The molecular formula is C26H23F2N3O4S. The zero-order valence-corrected chi connectivity index (χ0v) is 20.2. The number of halogens is 2. The lowest BCUT2D eigenvalue weighted by molar-refractivity contribution is -0.0197. The summed E-state index contributed by atoms with van der Waals surface area (Å²) in [5, 5.41) is 12.4. The van der Waals surface area contributed by atoms with Gasteiger partial charge in [-0.1, -0.05) is 30.3 Å². The molecule has 186 valence electrons. The minimum atomic E-state index is -0.920. The number of ether oxygens (including phenoxy) is 1. The van der Waals surface area contributed by atoms with Crippen LogP contribution in [-0.2, 0) is 11.2 Å². The molecule has 2 unspecified atom stereocenters. The zero-order valence-electron chi connectivity index (χ0n) is 19.4. The molecule has 2 aliphatic heterocycles. The lowest BCUT2D eigenvalue weighted by Crippen LogP contribution is -2.66. The van der Waals surface area contributed by atoms with Crippen molar-refractivity contribution in [2.24, 2.45) is 0 Å². The van der Waals surface area contributed by atoms with Gasteiger partial charge in [0.1, 0.15) is 6.17 Å². The quantitative estimate of drug-likeness (QED) is 0.569. The lowest BCUT2D eigenvalue weighted by Gasteiger charge is -2.51. The maximum atomic E-state index is 15.4. The van der Waals surface area contributed by atoms with E-state index in [1.807, 2.05) is 35.5 Å². The van der Waals surface area contributed by atoms with Gasteiger partial charge in [-0.3, -0.25) is 19.3 Å². The highest BCUT2D eigenvalue weighted by atomic mass is 32.2. The van der Waals surface area contributed by atoms with E-state index in [-0.39, 0.29) is 36.1 Å². The summed E-state index contributed by atoms with van der Waals surface area (Å²) < 4.78 is 37.1. The molecule has 3 aliphatic rings. The van der Waals surface area contributed by atoms with Gasteiger partial charge in [-0.05, 0) is 41.0 Å². The summed E-state index contributed by atoms with van der Waals surface area (Å²) in [6.45, 7) is 0.733. The van der Waals surface area contributed by atoms with E-state index in [0.717, 1.165) is 17.2 Å². The van der Waals surface area contributed by atoms with E-state index in [4.69, 9.17) is 4.74 Å². The molecule has 3 heterocycles. The van der Waals surface area contributed by atoms with Gasteiger partial charge in [0.15, 0.2) is 23.1 Å². The first-order valence-electron chi connectivity index (χ1n) is 11.6. The highest BCUT2D eigenvalue weighted by Gasteiger charge is 2.46. The van der Waals surface area contributed by atoms with Gasteiger partial charge in [-0.2, -0.15) is 11.8 Å². The summed E-state index contributed by atoms with van der Waals surface area (Å²) in [6.07, 6.45) is 3.06. The lowest BCUT2D eigenvalue weighted by atomic mass is 9.92. The number of nitrogens with zero attached hydrogens (tertiary/aromatic N) is 3. The normalized spacial score (nSPS) is 22.9. The Morgan fingerprint density at radius 2 is 1.83 bits per heavy atom. The first kappa shape index (κ1) is 23.1. The van der Waals surface area contributed by atoms with Crippen molar-refractivity contribution in [2.75, 3.05) is 31.0 Å². The van der Waals surface area contributed by atoms with Gasteiger partial charge in [-0.15, -0.1) is 0 Å². The predicted octanol–water partition coefficient (Wildman–Crippen LogP) is 3.33. The minimum absolute atomic E-state index is 0.131. The van der Waals surface area contributed by atoms with Gasteiger partial charge in [0.2, 0.25) is 5.43 Å². The third kappa shape index (κ3) is 3.27. The average Bonchev–Trinajstić information content (AvgIpc) is 3.03. The maximum absolute atomic E-state index is 15.4. The molecule has 10 heteroatoms. The van der Waals surface area contributed by atoms with Crippen LogP contribution in [0.25, 0.3) is 0 Å². The Bertz CT molecular complexity index is 1450. The van der Waals surface area contributed by atoms with Gasteiger partial charge < -0.3 is 14.7 Å². The van der Waals surface area contributed by atoms with Gasteiger partial charge in [0.25, 0.3) is 5.91 Å². The number of hydrogen-bond donors (Lipinski definition) is 1. The van der Waals surface area contributed by atoms with Gasteiger partial charge in [0, 0.05) is 24.1 Å². The molecule has 1 amide bonds. The molecule has 0 spiro atoms. The van der Waals surface area contributed by atoms with Crippen LogP contribution in [0.5, 0.6) is 5.75 Å². The molecule has 1 aromatic heterocycles. The second kappa shape index (κ2) is 8.63. The summed E-state index contributed by atoms with van der Waals surface area (Å²) in [6, 6.07) is 11.0. The molecule has 1 aliphatic carbocycles. The Balaban J connectivity index is 1.69. The minimum Gasteiger partial charge on any atom is -0.502 e. The highest BCUT2D eigenvalue weighted by Crippen LogP contribution is 2.46. The molecule has 2 aromatic carbocycles. The molecule has 3 atom stereocenters. The van der Waals surface area contributed by atoms with Crippen LogP contribution < -0.4 is 10.4 Å².